The zero-order chi connectivity index (χ0) is 45.0. The largest absolute Gasteiger partial charge is 0.485 e. The number of ether oxygens (including phenoxy) is 1. The molecule has 0 fully saturated rings. The first kappa shape index (κ1) is 39.4. The van der Waals surface area contributed by atoms with E-state index in [2.05, 4.69) is 174 Å². The van der Waals surface area contributed by atoms with Gasteiger partial charge in [-0.15, -0.1) is 0 Å². The lowest BCUT2D eigenvalue weighted by Crippen LogP contribution is -2.23. The quantitative estimate of drug-likeness (QED) is 0.152. The highest BCUT2D eigenvalue weighted by Gasteiger charge is 2.43. The van der Waals surface area contributed by atoms with Crippen LogP contribution < -0.4 is 4.74 Å². The molecule has 68 heavy (non-hydrogen) atoms. The Labute approximate surface area is 394 Å². The highest BCUT2D eigenvalue weighted by molar-refractivity contribution is 5.98. The summed E-state index contributed by atoms with van der Waals surface area (Å²) in [6.45, 7) is 0. The van der Waals surface area contributed by atoms with Gasteiger partial charge in [0.25, 0.3) is 0 Å². The summed E-state index contributed by atoms with van der Waals surface area (Å²) in [6.07, 6.45) is 6.28. The van der Waals surface area contributed by atoms with Gasteiger partial charge >= 0.3 is 0 Å². The maximum atomic E-state index is 6.97. The van der Waals surface area contributed by atoms with E-state index in [0.717, 1.165) is 83.8 Å². The number of hydrogen-bond acceptors (Lipinski definition) is 5. The van der Waals surface area contributed by atoms with Gasteiger partial charge in [0.05, 0.1) is 17.1 Å². The van der Waals surface area contributed by atoms with Crippen molar-refractivity contribution in [1.82, 2.24) is 24.5 Å². The molecule has 2 unspecified atom stereocenters. The Bertz CT molecular complexity index is 3590. The average Bonchev–Trinajstić information content (AvgIpc) is 3.98. The first-order valence-corrected chi connectivity index (χ1v) is 23.0. The number of nitrogens with zero attached hydrogens (tertiary/aromatic N) is 5. The fraction of sp³-hybridized carbons (Fsp3) is 0.0323. The molecule has 0 bridgehead atoms. The van der Waals surface area contributed by atoms with Crippen molar-refractivity contribution >= 4 is 17.0 Å². The van der Waals surface area contributed by atoms with Gasteiger partial charge < -0.3 is 9.30 Å². The molecule has 3 aromatic heterocycles. The van der Waals surface area contributed by atoms with Crippen molar-refractivity contribution in [3.63, 3.8) is 0 Å². The predicted octanol–water partition coefficient (Wildman–Crippen LogP) is 14.8. The molecule has 0 saturated heterocycles. The Balaban J connectivity index is 1.10. The van der Waals surface area contributed by atoms with Gasteiger partial charge in [-0.2, -0.15) is 0 Å². The molecule has 2 aliphatic rings. The van der Waals surface area contributed by atoms with Gasteiger partial charge in [0.1, 0.15) is 11.9 Å². The highest BCUT2D eigenvalue weighted by Crippen LogP contribution is 2.54. The highest BCUT2D eigenvalue weighted by atomic mass is 16.5. The Morgan fingerprint density at radius 1 is 0.441 bits per heavy atom. The van der Waals surface area contributed by atoms with E-state index in [-0.39, 0.29) is 12.0 Å². The van der Waals surface area contributed by atoms with Crippen molar-refractivity contribution in [1.29, 1.82) is 0 Å². The number of rotatable bonds is 8. The van der Waals surface area contributed by atoms with Crippen LogP contribution in [0.1, 0.15) is 22.7 Å². The van der Waals surface area contributed by atoms with Crippen LogP contribution >= 0.6 is 0 Å². The van der Waals surface area contributed by atoms with Gasteiger partial charge in [0.15, 0.2) is 17.5 Å². The third-order valence-corrected chi connectivity index (χ3v) is 13.3. The predicted molar refractivity (Wildman–Crippen MR) is 274 cm³/mol. The lowest BCUT2D eigenvalue weighted by molar-refractivity contribution is 0.265. The minimum atomic E-state index is -0.231. The molecule has 6 heteroatoms. The van der Waals surface area contributed by atoms with Crippen molar-refractivity contribution in [3.05, 3.63) is 247 Å². The number of pyridine rings is 1. The molecule has 0 radical (unpaired) electrons. The Morgan fingerprint density at radius 3 is 1.60 bits per heavy atom. The fourth-order valence-electron chi connectivity index (χ4n) is 10.3. The zero-order valence-corrected chi connectivity index (χ0v) is 36.8. The molecule has 0 spiro atoms. The number of hydrogen-bond donors (Lipinski definition) is 0. The summed E-state index contributed by atoms with van der Waals surface area (Å²) in [5.74, 6) is 2.37. The summed E-state index contributed by atoms with van der Waals surface area (Å²) in [7, 11) is 0. The van der Waals surface area contributed by atoms with E-state index in [1.54, 1.807) is 0 Å². The first-order chi connectivity index (χ1) is 33.7. The smallest absolute Gasteiger partial charge is 0.166 e. The average molecular weight is 872 g/mol. The van der Waals surface area contributed by atoms with E-state index < -0.39 is 0 Å². The van der Waals surface area contributed by atoms with Gasteiger partial charge in [-0.1, -0.05) is 194 Å². The molecular formula is C62H41N5O. The Kier molecular flexibility index (Phi) is 9.53. The van der Waals surface area contributed by atoms with Crippen LogP contribution in [0.3, 0.4) is 0 Å². The van der Waals surface area contributed by atoms with E-state index in [0.29, 0.717) is 17.5 Å². The van der Waals surface area contributed by atoms with E-state index in [1.165, 1.54) is 16.6 Å². The molecule has 1 aliphatic carbocycles. The zero-order valence-electron chi connectivity index (χ0n) is 36.8. The molecule has 2 atom stereocenters. The summed E-state index contributed by atoms with van der Waals surface area (Å²) in [4.78, 5) is 21.4. The van der Waals surface area contributed by atoms with Crippen LogP contribution in [0.15, 0.2) is 231 Å². The molecule has 320 valence electrons. The molecular weight excluding hydrogens is 831 g/mol. The third-order valence-electron chi connectivity index (χ3n) is 13.3. The Morgan fingerprint density at radius 2 is 0.971 bits per heavy atom. The lowest BCUT2D eigenvalue weighted by atomic mass is 9.81. The van der Waals surface area contributed by atoms with E-state index in [9.17, 15) is 0 Å². The van der Waals surface area contributed by atoms with Crippen molar-refractivity contribution in [3.8, 4) is 90.2 Å². The summed E-state index contributed by atoms with van der Waals surface area (Å²) in [5, 5.41) is 1.20. The van der Waals surface area contributed by atoms with Gasteiger partial charge in [-0.3, -0.25) is 4.98 Å². The summed E-state index contributed by atoms with van der Waals surface area (Å²) < 4.78 is 9.39. The molecule has 13 rings (SSSR count). The maximum Gasteiger partial charge on any atom is 0.166 e. The summed E-state index contributed by atoms with van der Waals surface area (Å²) in [6, 6.07) is 76.0. The van der Waals surface area contributed by atoms with Gasteiger partial charge in [0, 0.05) is 61.9 Å². The second-order valence-electron chi connectivity index (χ2n) is 17.2. The van der Waals surface area contributed by atoms with Crippen LogP contribution in [0.25, 0.3) is 101 Å². The number of para-hydroxylation sites is 2. The molecule has 0 N–H and O–H groups in total. The topological polar surface area (TPSA) is 65.7 Å². The van der Waals surface area contributed by atoms with Crippen molar-refractivity contribution in [2.45, 2.75) is 12.0 Å². The minimum absolute atomic E-state index is 0.148. The number of fused-ring (bicyclic) bond motifs is 7. The molecule has 8 aromatic carbocycles. The SMILES string of the molecule is C1=CC2Oc3cccc(-c4ncc(-c5c(-c6ccccc6)cccc5-c5ccccc5)cc4-c4nc(-c5ccccc5)nc(-c5ccccc5)n4)c3C2c2c1c1ccccc1n2-c1ccccc1. The van der Waals surface area contributed by atoms with Gasteiger partial charge in [0.2, 0.25) is 0 Å². The van der Waals surface area contributed by atoms with Crippen LogP contribution in [-0.4, -0.2) is 30.6 Å². The molecule has 11 aromatic rings. The van der Waals surface area contributed by atoms with E-state index >= 15 is 0 Å². The van der Waals surface area contributed by atoms with Crippen LogP contribution in [0, 0.1) is 0 Å². The fourth-order valence-corrected chi connectivity index (χ4v) is 10.3. The second-order valence-corrected chi connectivity index (χ2v) is 17.2. The number of benzene rings is 8. The van der Waals surface area contributed by atoms with Crippen molar-refractivity contribution in [2.75, 3.05) is 0 Å². The second kappa shape index (κ2) is 16.5. The first-order valence-electron chi connectivity index (χ1n) is 23.0. The van der Waals surface area contributed by atoms with Gasteiger partial charge in [-0.05, 0) is 64.2 Å². The van der Waals surface area contributed by atoms with E-state index in [4.69, 9.17) is 24.7 Å². The minimum Gasteiger partial charge on any atom is -0.485 e. The van der Waals surface area contributed by atoms with Crippen molar-refractivity contribution < 1.29 is 4.74 Å². The standard InChI is InChI=1S/C62H41N5O/c1-6-20-40(21-7-1)46-31-18-32-47(41-22-8-2-9-23-41)55(46)44-38-51(62-65-60(42-24-10-3-11-25-42)64-61(66-62)43-26-12-4-13-27-43)58(63-39-44)50-33-19-35-53-56(50)57-54(68-53)37-36-49-48-30-16-17-34-52(48)67(59(49)57)45-28-14-5-15-29-45/h1-39,54,57H. The van der Waals surface area contributed by atoms with E-state index in [1.807, 2.05) is 66.9 Å². The monoisotopic (exact) mass is 871 g/mol. The molecule has 6 nitrogen and oxygen atoms in total. The normalized spacial score (nSPS) is 14.5. The molecule has 4 heterocycles. The van der Waals surface area contributed by atoms with Crippen molar-refractivity contribution in [2.24, 2.45) is 0 Å². The maximum absolute atomic E-state index is 6.97. The number of aromatic nitrogens is 5. The molecule has 0 saturated carbocycles. The summed E-state index contributed by atoms with van der Waals surface area (Å²) in [5.41, 5.74) is 16.5. The summed E-state index contributed by atoms with van der Waals surface area (Å²) >= 11 is 0. The van der Waals surface area contributed by atoms with Crippen LogP contribution in [0.2, 0.25) is 0 Å². The van der Waals surface area contributed by atoms with Crippen LogP contribution in [-0.2, 0) is 0 Å². The lowest BCUT2D eigenvalue weighted by Gasteiger charge is -2.25. The third kappa shape index (κ3) is 6.65. The Hall–Kier alpha value is -9.00. The van der Waals surface area contributed by atoms with Crippen LogP contribution in [0.4, 0.5) is 0 Å². The van der Waals surface area contributed by atoms with Crippen LogP contribution in [0.5, 0.6) is 5.75 Å². The molecule has 1 aliphatic heterocycles. The van der Waals surface area contributed by atoms with Gasteiger partial charge in [-0.25, -0.2) is 15.0 Å². The molecule has 0 amide bonds.